The summed E-state index contributed by atoms with van der Waals surface area (Å²) in [7, 11) is 1.54. The van der Waals surface area contributed by atoms with E-state index in [4.69, 9.17) is 11.6 Å². The van der Waals surface area contributed by atoms with Crippen LogP contribution in [0.15, 0.2) is 63.7 Å². The van der Waals surface area contributed by atoms with Crippen molar-refractivity contribution >= 4 is 28.3 Å². The van der Waals surface area contributed by atoms with E-state index in [0.717, 1.165) is 10.1 Å². The highest BCUT2D eigenvalue weighted by Gasteiger charge is 2.22. The van der Waals surface area contributed by atoms with Crippen LogP contribution >= 0.6 is 11.6 Å². The minimum absolute atomic E-state index is 0.0720. The Kier molecular flexibility index (Phi) is 7.27. The maximum atomic E-state index is 13.4. The molecular weight excluding hydrogens is 435 g/mol. The van der Waals surface area contributed by atoms with Crippen molar-refractivity contribution in [3.63, 3.8) is 0 Å². The van der Waals surface area contributed by atoms with E-state index in [1.54, 1.807) is 41.9 Å². The second kappa shape index (κ2) is 9.93. The predicted molar refractivity (Wildman–Crippen MR) is 124 cm³/mol. The van der Waals surface area contributed by atoms with Crippen LogP contribution in [0.4, 0.5) is 4.39 Å². The van der Waals surface area contributed by atoms with Crippen molar-refractivity contribution in [3.8, 4) is 0 Å². The summed E-state index contributed by atoms with van der Waals surface area (Å²) in [6.45, 7) is 5.49. The Morgan fingerprint density at radius 3 is 2.53 bits per heavy atom. The van der Waals surface area contributed by atoms with Crippen LogP contribution in [0.1, 0.15) is 24.7 Å². The summed E-state index contributed by atoms with van der Waals surface area (Å²) in [5.74, 6) is 0.0197. The number of aliphatic hydroxyl groups is 1. The van der Waals surface area contributed by atoms with E-state index in [2.05, 4.69) is 11.6 Å². The first-order valence-corrected chi connectivity index (χ1v) is 10.4. The van der Waals surface area contributed by atoms with Gasteiger partial charge in [-0.05, 0) is 31.0 Å². The number of allylic oxidation sites excluding steroid dienone is 5. The number of aryl methyl sites for hydroxylation is 1. The molecule has 3 rings (SSSR count). The van der Waals surface area contributed by atoms with E-state index in [1.165, 1.54) is 23.7 Å². The first kappa shape index (κ1) is 23.4. The number of aromatic nitrogens is 4. The Morgan fingerprint density at radius 2 is 1.94 bits per heavy atom. The van der Waals surface area contributed by atoms with Gasteiger partial charge in [0, 0.05) is 37.3 Å². The average Bonchev–Trinajstić information content (AvgIpc) is 3.13. The normalized spacial score (nSPS) is 12.5. The number of benzene rings is 1. The predicted octanol–water partition coefficient (Wildman–Crippen LogP) is 3.18. The highest BCUT2D eigenvalue weighted by molar-refractivity contribution is 6.32. The first-order valence-electron chi connectivity index (χ1n) is 10.0. The Labute approximate surface area is 189 Å². The third-order valence-corrected chi connectivity index (χ3v) is 5.24. The van der Waals surface area contributed by atoms with Crippen LogP contribution in [0, 0.1) is 5.82 Å². The van der Waals surface area contributed by atoms with Gasteiger partial charge in [-0.3, -0.25) is 13.9 Å². The average molecular weight is 459 g/mol. The van der Waals surface area contributed by atoms with Gasteiger partial charge in [0.1, 0.15) is 11.6 Å². The minimum Gasteiger partial charge on any atom is -0.396 e. The molecule has 0 atom stereocenters. The Balaban J connectivity index is 2.39. The molecule has 0 aliphatic rings. The van der Waals surface area contributed by atoms with E-state index in [9.17, 15) is 19.1 Å². The summed E-state index contributed by atoms with van der Waals surface area (Å²) in [6.07, 6.45) is 5.26. The lowest BCUT2D eigenvalue weighted by Crippen LogP contribution is -2.40. The van der Waals surface area contributed by atoms with Crippen molar-refractivity contribution in [3.05, 3.63) is 92.1 Å². The van der Waals surface area contributed by atoms with E-state index >= 15 is 0 Å². The highest BCUT2D eigenvalue weighted by atomic mass is 35.5. The molecule has 1 N–H and O–H groups in total. The van der Waals surface area contributed by atoms with Crippen molar-refractivity contribution in [2.75, 3.05) is 6.61 Å². The summed E-state index contributed by atoms with van der Waals surface area (Å²) < 4.78 is 17.5. The fourth-order valence-corrected chi connectivity index (χ4v) is 3.58. The second-order valence-electron chi connectivity index (χ2n) is 7.24. The molecule has 0 aliphatic heterocycles. The quantitative estimate of drug-likeness (QED) is 0.526. The summed E-state index contributed by atoms with van der Waals surface area (Å²) in [6, 6.07) is 5.91. The van der Waals surface area contributed by atoms with E-state index in [0.29, 0.717) is 16.4 Å². The molecule has 168 valence electrons. The molecule has 1 aromatic carbocycles. The Morgan fingerprint density at radius 1 is 1.25 bits per heavy atom. The molecular formula is C23H24ClFN4O3. The van der Waals surface area contributed by atoms with Gasteiger partial charge in [-0.15, -0.1) is 0 Å². The molecule has 2 aromatic heterocycles. The third kappa shape index (κ3) is 4.51. The zero-order valence-electron chi connectivity index (χ0n) is 17.9. The Bertz CT molecular complexity index is 1330. The molecule has 0 saturated heterocycles. The minimum atomic E-state index is -0.524. The van der Waals surface area contributed by atoms with E-state index < -0.39 is 11.2 Å². The van der Waals surface area contributed by atoms with Crippen molar-refractivity contribution in [2.24, 2.45) is 7.05 Å². The van der Waals surface area contributed by atoms with Gasteiger partial charge in [-0.25, -0.2) is 14.2 Å². The Hall–Kier alpha value is -3.23. The smallest absolute Gasteiger partial charge is 0.332 e. The van der Waals surface area contributed by atoms with Crippen molar-refractivity contribution in [1.29, 1.82) is 0 Å². The van der Waals surface area contributed by atoms with Gasteiger partial charge in [0.2, 0.25) is 0 Å². The molecule has 0 fully saturated rings. The van der Waals surface area contributed by atoms with Crippen molar-refractivity contribution in [1.82, 2.24) is 18.7 Å². The number of nitrogens with zero attached hydrogens (tertiary/aromatic N) is 4. The molecule has 0 spiro atoms. The molecule has 9 heteroatoms. The number of imidazole rings is 1. The maximum Gasteiger partial charge on any atom is 0.332 e. The molecule has 0 saturated carbocycles. The summed E-state index contributed by atoms with van der Waals surface area (Å²) in [5.41, 5.74) is 0.673. The summed E-state index contributed by atoms with van der Waals surface area (Å²) in [4.78, 5) is 30.8. The lowest BCUT2D eigenvalue weighted by atomic mass is 10.2. The number of hydrogen-bond donors (Lipinski definition) is 1. The topological polar surface area (TPSA) is 82.1 Å². The van der Waals surface area contributed by atoms with Crippen LogP contribution in [-0.4, -0.2) is 30.4 Å². The monoisotopic (exact) mass is 458 g/mol. The molecule has 0 aliphatic carbocycles. The number of aliphatic hydroxyl groups excluding tert-OH is 1. The number of rotatable bonds is 8. The molecule has 3 aromatic rings. The van der Waals surface area contributed by atoms with Crippen LogP contribution in [-0.2, 0) is 20.1 Å². The number of halogens is 2. The summed E-state index contributed by atoms with van der Waals surface area (Å²) >= 11 is 6.36. The first-order chi connectivity index (χ1) is 15.3. The van der Waals surface area contributed by atoms with Crippen LogP contribution in [0.2, 0.25) is 0 Å². The van der Waals surface area contributed by atoms with Crippen LogP contribution in [0.5, 0.6) is 0 Å². The molecule has 7 nitrogen and oxygen atoms in total. The van der Waals surface area contributed by atoms with E-state index in [-0.39, 0.29) is 43.1 Å². The lowest BCUT2D eigenvalue weighted by Gasteiger charge is -2.12. The van der Waals surface area contributed by atoms with Crippen LogP contribution in [0.3, 0.4) is 0 Å². The van der Waals surface area contributed by atoms with Crippen molar-refractivity contribution < 1.29 is 9.50 Å². The van der Waals surface area contributed by atoms with E-state index in [1.807, 2.05) is 0 Å². The zero-order chi connectivity index (χ0) is 23.4. The van der Waals surface area contributed by atoms with Gasteiger partial charge < -0.3 is 9.67 Å². The number of hydrogen-bond acceptors (Lipinski definition) is 4. The fourth-order valence-electron chi connectivity index (χ4n) is 3.44. The molecule has 0 amide bonds. The van der Waals surface area contributed by atoms with Crippen LogP contribution in [0.25, 0.3) is 16.7 Å². The zero-order valence-corrected chi connectivity index (χ0v) is 18.6. The SMILES string of the molecule is C=C/C=C\C(=C(/C)Cl)c1nc2c(c(=O)n(CCCO)c(=O)n2C)n1Cc1ccc(F)cc1. The standard InChI is InChI=1S/C23H24ClFN4O3/c1-4-5-7-18(15(2)24)20-26-21-19(29(20)14-16-8-10-17(25)11-9-16)22(31)28(12-6-13-30)23(32)27(21)3/h4-5,7-11,30H,1,6,12-14H2,2-3H3/b7-5-,18-15-. The van der Waals surface area contributed by atoms with Gasteiger partial charge in [0.05, 0.1) is 0 Å². The van der Waals surface area contributed by atoms with Crippen molar-refractivity contribution in [2.45, 2.75) is 26.4 Å². The van der Waals surface area contributed by atoms with Gasteiger partial charge in [0.15, 0.2) is 11.2 Å². The molecule has 0 unspecified atom stereocenters. The van der Waals surface area contributed by atoms with Crippen LogP contribution < -0.4 is 11.2 Å². The molecule has 0 bridgehead atoms. The van der Waals surface area contributed by atoms with Gasteiger partial charge >= 0.3 is 5.69 Å². The number of fused-ring (bicyclic) bond motifs is 1. The van der Waals surface area contributed by atoms with Gasteiger partial charge in [-0.2, -0.15) is 0 Å². The highest BCUT2D eigenvalue weighted by Crippen LogP contribution is 2.26. The van der Waals surface area contributed by atoms with Gasteiger partial charge in [0.25, 0.3) is 5.56 Å². The maximum absolute atomic E-state index is 13.4. The summed E-state index contributed by atoms with van der Waals surface area (Å²) in [5, 5.41) is 9.61. The van der Waals surface area contributed by atoms with Gasteiger partial charge in [-0.1, -0.05) is 48.5 Å². The molecule has 2 heterocycles. The molecule has 32 heavy (non-hydrogen) atoms. The third-order valence-electron chi connectivity index (χ3n) is 5.04. The fraction of sp³-hybridized carbons (Fsp3) is 0.261. The second-order valence-corrected chi connectivity index (χ2v) is 7.80. The lowest BCUT2D eigenvalue weighted by molar-refractivity contribution is 0.277. The largest absolute Gasteiger partial charge is 0.396 e. The molecule has 0 radical (unpaired) electrons.